The summed E-state index contributed by atoms with van der Waals surface area (Å²) in [5.41, 5.74) is 1.22. The van der Waals surface area contributed by atoms with E-state index in [1.165, 1.54) is 23.0 Å². The fraction of sp³-hybridized carbons (Fsp3) is 0.286. The molecule has 0 aliphatic carbocycles. The molecule has 0 fully saturated rings. The van der Waals surface area contributed by atoms with Crippen LogP contribution in [-0.2, 0) is 11.2 Å². The summed E-state index contributed by atoms with van der Waals surface area (Å²) in [6.07, 6.45) is 2.50. The van der Waals surface area contributed by atoms with Crippen molar-refractivity contribution in [2.24, 2.45) is 4.99 Å². The van der Waals surface area contributed by atoms with Gasteiger partial charge >= 0.3 is 0 Å². The number of thiophene rings is 1. The fourth-order valence-corrected chi connectivity index (χ4v) is 1.47. The van der Waals surface area contributed by atoms with Gasteiger partial charge in [0.1, 0.15) is 5.00 Å². The Kier molecular flexibility index (Phi) is 2.37. The monoisotopic (exact) mass is 153 g/mol. The van der Waals surface area contributed by atoms with Crippen LogP contribution in [0.5, 0.6) is 0 Å². The molecular weight excluding hydrogens is 146 g/mol. The molecule has 0 N–H and O–H groups in total. The van der Waals surface area contributed by atoms with Crippen molar-refractivity contribution in [3.63, 3.8) is 0 Å². The lowest BCUT2D eigenvalue weighted by Gasteiger charge is -1.80. The van der Waals surface area contributed by atoms with Gasteiger partial charge in [-0.3, -0.25) is 0 Å². The van der Waals surface area contributed by atoms with Crippen LogP contribution in [0, 0.1) is 0 Å². The Hall–Kier alpha value is -0.920. The summed E-state index contributed by atoms with van der Waals surface area (Å²) in [6.45, 7) is 2.07. The van der Waals surface area contributed by atoms with E-state index in [4.69, 9.17) is 0 Å². The van der Waals surface area contributed by atoms with Crippen LogP contribution in [0.15, 0.2) is 16.4 Å². The number of hydrogen-bond acceptors (Lipinski definition) is 3. The Bertz CT molecular complexity index is 260. The number of aliphatic imine (C=N–C) groups is 1. The summed E-state index contributed by atoms with van der Waals surface area (Å²) in [6, 6.07) is 1.90. The highest BCUT2D eigenvalue weighted by Crippen LogP contribution is 2.22. The smallest absolute Gasteiger partial charge is 0.211 e. The van der Waals surface area contributed by atoms with Gasteiger partial charge in [0.25, 0.3) is 0 Å². The van der Waals surface area contributed by atoms with Gasteiger partial charge in [0, 0.05) is 0 Å². The molecule has 0 unspecified atom stereocenters. The van der Waals surface area contributed by atoms with Crippen molar-refractivity contribution in [1.82, 2.24) is 0 Å². The first-order valence-electron chi connectivity index (χ1n) is 3.02. The number of nitrogens with zero attached hydrogens (tertiary/aromatic N) is 1. The van der Waals surface area contributed by atoms with E-state index in [0.717, 1.165) is 11.4 Å². The predicted octanol–water partition coefficient (Wildman–Crippen LogP) is 2.28. The van der Waals surface area contributed by atoms with Crippen molar-refractivity contribution in [3.8, 4) is 0 Å². The zero-order valence-electron chi connectivity index (χ0n) is 5.63. The quantitative estimate of drug-likeness (QED) is 0.473. The van der Waals surface area contributed by atoms with Crippen molar-refractivity contribution in [1.29, 1.82) is 0 Å². The van der Waals surface area contributed by atoms with Gasteiger partial charge in [-0.15, -0.1) is 11.3 Å². The number of isocyanates is 1. The van der Waals surface area contributed by atoms with E-state index >= 15 is 0 Å². The summed E-state index contributed by atoms with van der Waals surface area (Å²) >= 11 is 1.47. The van der Waals surface area contributed by atoms with E-state index in [1.807, 2.05) is 11.4 Å². The van der Waals surface area contributed by atoms with Crippen LogP contribution in [0.1, 0.15) is 12.5 Å². The first-order valence-corrected chi connectivity index (χ1v) is 3.90. The van der Waals surface area contributed by atoms with Crippen LogP contribution in [0.4, 0.5) is 5.00 Å². The molecule has 1 heterocycles. The van der Waals surface area contributed by atoms with Crippen molar-refractivity contribution < 1.29 is 4.79 Å². The van der Waals surface area contributed by atoms with Gasteiger partial charge in [0.15, 0.2) is 0 Å². The van der Waals surface area contributed by atoms with Crippen LogP contribution >= 0.6 is 11.3 Å². The third kappa shape index (κ3) is 1.53. The zero-order valence-corrected chi connectivity index (χ0v) is 6.44. The highest BCUT2D eigenvalue weighted by Gasteiger charge is 1.93. The van der Waals surface area contributed by atoms with E-state index in [9.17, 15) is 4.79 Å². The molecule has 0 bridgehead atoms. The molecule has 0 aliphatic rings. The number of carbonyl (C=O) groups excluding carboxylic acids is 1. The average Bonchev–Trinajstić information content (AvgIpc) is 2.37. The zero-order chi connectivity index (χ0) is 7.40. The molecule has 0 spiro atoms. The van der Waals surface area contributed by atoms with Crippen LogP contribution in [0.3, 0.4) is 0 Å². The second-order valence-electron chi connectivity index (χ2n) is 1.85. The summed E-state index contributed by atoms with van der Waals surface area (Å²) < 4.78 is 0. The van der Waals surface area contributed by atoms with Gasteiger partial charge in [0.05, 0.1) is 0 Å². The average molecular weight is 153 g/mol. The van der Waals surface area contributed by atoms with Crippen molar-refractivity contribution in [2.45, 2.75) is 13.3 Å². The normalized spacial score (nSPS) is 8.90. The lowest BCUT2D eigenvalue weighted by Crippen LogP contribution is -1.67. The topological polar surface area (TPSA) is 29.4 Å². The first kappa shape index (κ1) is 7.19. The standard InChI is InChI=1S/C7H7NOS/c1-2-6-3-7(8-5-9)10-4-6/h3-4H,2H2,1H3. The second-order valence-corrected chi connectivity index (χ2v) is 2.74. The Labute approximate surface area is 63.2 Å². The Balaban J connectivity index is 2.87. The Morgan fingerprint density at radius 1 is 1.80 bits per heavy atom. The maximum atomic E-state index is 9.79. The minimum Gasteiger partial charge on any atom is -0.211 e. The van der Waals surface area contributed by atoms with Crippen molar-refractivity contribution in [3.05, 3.63) is 17.0 Å². The molecule has 1 aromatic rings. The lowest BCUT2D eigenvalue weighted by molar-refractivity contribution is 0.565. The molecule has 2 nitrogen and oxygen atoms in total. The maximum absolute atomic E-state index is 9.79. The van der Waals surface area contributed by atoms with Gasteiger partial charge < -0.3 is 0 Å². The van der Waals surface area contributed by atoms with Crippen LogP contribution in [0.25, 0.3) is 0 Å². The molecule has 0 saturated carbocycles. The van der Waals surface area contributed by atoms with E-state index in [0.29, 0.717) is 0 Å². The first-order chi connectivity index (χ1) is 4.86. The number of aryl methyl sites for hydroxylation is 1. The second kappa shape index (κ2) is 3.30. The van der Waals surface area contributed by atoms with E-state index in [-0.39, 0.29) is 0 Å². The van der Waals surface area contributed by atoms with Crippen molar-refractivity contribution >= 4 is 22.4 Å². The maximum Gasteiger partial charge on any atom is 0.241 e. The van der Waals surface area contributed by atoms with Crippen LogP contribution in [0.2, 0.25) is 0 Å². The van der Waals surface area contributed by atoms with Crippen molar-refractivity contribution in [2.75, 3.05) is 0 Å². The lowest BCUT2D eigenvalue weighted by atomic mass is 10.3. The molecule has 1 rings (SSSR count). The summed E-state index contributed by atoms with van der Waals surface area (Å²) in [4.78, 5) is 13.3. The predicted molar refractivity (Wildman–Crippen MR) is 41.5 cm³/mol. The molecule has 0 amide bonds. The molecular formula is C7H7NOS. The molecule has 3 heteroatoms. The third-order valence-electron chi connectivity index (χ3n) is 1.20. The molecule has 0 aromatic carbocycles. The highest BCUT2D eigenvalue weighted by atomic mass is 32.1. The molecule has 52 valence electrons. The van der Waals surface area contributed by atoms with Gasteiger partial charge in [-0.25, -0.2) is 4.79 Å². The number of rotatable bonds is 2. The Morgan fingerprint density at radius 2 is 2.60 bits per heavy atom. The van der Waals surface area contributed by atoms with E-state index in [1.54, 1.807) is 0 Å². The van der Waals surface area contributed by atoms with Gasteiger partial charge in [0.2, 0.25) is 6.08 Å². The minimum atomic E-state index is 0.742. The molecule has 0 atom stereocenters. The molecule has 1 aromatic heterocycles. The van der Waals surface area contributed by atoms with E-state index in [2.05, 4.69) is 11.9 Å². The van der Waals surface area contributed by atoms with Gasteiger partial charge in [-0.1, -0.05) is 6.92 Å². The SMILES string of the molecule is CCc1csc(N=C=O)c1. The molecule has 0 aliphatic heterocycles. The highest BCUT2D eigenvalue weighted by molar-refractivity contribution is 7.14. The van der Waals surface area contributed by atoms with Crippen LogP contribution in [-0.4, -0.2) is 6.08 Å². The summed E-state index contributed by atoms with van der Waals surface area (Å²) in [5, 5.41) is 2.74. The van der Waals surface area contributed by atoms with E-state index < -0.39 is 0 Å². The van der Waals surface area contributed by atoms with Crippen LogP contribution < -0.4 is 0 Å². The summed E-state index contributed by atoms with van der Waals surface area (Å²) in [5.74, 6) is 0. The molecule has 0 saturated heterocycles. The number of hydrogen-bond donors (Lipinski definition) is 0. The molecule has 0 radical (unpaired) electrons. The fourth-order valence-electron chi connectivity index (χ4n) is 0.652. The van der Waals surface area contributed by atoms with Gasteiger partial charge in [-0.2, -0.15) is 4.99 Å². The third-order valence-corrected chi connectivity index (χ3v) is 2.08. The van der Waals surface area contributed by atoms with Gasteiger partial charge in [-0.05, 0) is 23.4 Å². The largest absolute Gasteiger partial charge is 0.241 e. The summed E-state index contributed by atoms with van der Waals surface area (Å²) in [7, 11) is 0. The Morgan fingerprint density at radius 3 is 3.10 bits per heavy atom. The molecule has 10 heavy (non-hydrogen) atoms. The minimum absolute atomic E-state index is 0.742.